The van der Waals surface area contributed by atoms with Crippen molar-refractivity contribution in [1.29, 1.82) is 0 Å². The van der Waals surface area contributed by atoms with Crippen molar-refractivity contribution in [2.45, 2.75) is 19.4 Å². The van der Waals surface area contributed by atoms with Crippen LogP contribution in [-0.2, 0) is 13.6 Å². The number of imidazole rings is 1. The number of amides is 1. The molecule has 1 amide bonds. The molecule has 1 spiro atoms. The zero-order valence-electron chi connectivity index (χ0n) is 15.9. The fourth-order valence-corrected chi connectivity index (χ4v) is 4.79. The lowest BCUT2D eigenvalue weighted by Crippen LogP contribution is -2.47. The molecule has 2 saturated heterocycles. The molecule has 2 aliphatic rings. The molecule has 0 aliphatic carbocycles. The predicted molar refractivity (Wildman–Crippen MR) is 103 cm³/mol. The summed E-state index contributed by atoms with van der Waals surface area (Å²) in [7, 11) is 1.85. The first-order chi connectivity index (χ1) is 13.1. The van der Waals surface area contributed by atoms with Crippen LogP contribution in [0.15, 0.2) is 42.7 Å². The van der Waals surface area contributed by atoms with Crippen molar-refractivity contribution in [3.63, 3.8) is 0 Å². The Hall–Kier alpha value is -2.18. The molecule has 1 N–H and O–H groups in total. The Kier molecular flexibility index (Phi) is 5.02. The topological polar surface area (TPSA) is 61.6 Å². The number of hydrogen-bond donors (Lipinski definition) is 1. The maximum absolute atomic E-state index is 12.7. The van der Waals surface area contributed by atoms with Crippen LogP contribution in [0.4, 0.5) is 0 Å². The normalized spacial score (nSPS) is 22.4. The number of aliphatic hydroxyl groups is 1. The van der Waals surface area contributed by atoms with E-state index < -0.39 is 0 Å². The van der Waals surface area contributed by atoms with Gasteiger partial charge in [-0.1, -0.05) is 30.3 Å². The van der Waals surface area contributed by atoms with Gasteiger partial charge in [0.05, 0.1) is 0 Å². The molecule has 3 heterocycles. The molecule has 0 bridgehead atoms. The maximum atomic E-state index is 12.7. The summed E-state index contributed by atoms with van der Waals surface area (Å²) in [6, 6.07) is 10.5. The molecular weight excluding hydrogens is 340 g/mol. The number of piperidine rings is 1. The monoisotopic (exact) mass is 368 g/mol. The van der Waals surface area contributed by atoms with E-state index in [1.54, 1.807) is 17.0 Å². The van der Waals surface area contributed by atoms with Crippen LogP contribution in [0.3, 0.4) is 0 Å². The molecule has 2 aromatic rings. The number of carbonyl (C=O) groups is 1. The second-order valence-corrected chi connectivity index (χ2v) is 8.05. The van der Waals surface area contributed by atoms with E-state index in [9.17, 15) is 9.90 Å². The Labute approximate surface area is 160 Å². The molecule has 6 nitrogen and oxygen atoms in total. The van der Waals surface area contributed by atoms with Crippen LogP contribution in [0.2, 0.25) is 0 Å². The summed E-state index contributed by atoms with van der Waals surface area (Å²) < 4.78 is 1.78. The fourth-order valence-electron chi connectivity index (χ4n) is 4.79. The standard InChI is InChI=1S/C21H28N4O2/c1-23-12-9-22-19(23)20(27)25-10-7-21(8-11-25)16-24(14-18(21)15-26)13-17-5-3-2-4-6-17/h2-6,9,12,18,26H,7-8,10-11,13-16H2,1H3. The highest BCUT2D eigenvalue weighted by Gasteiger charge is 2.48. The second-order valence-electron chi connectivity index (χ2n) is 8.05. The predicted octanol–water partition coefficient (Wildman–Crippen LogP) is 1.77. The van der Waals surface area contributed by atoms with Crippen LogP contribution < -0.4 is 0 Å². The van der Waals surface area contributed by atoms with Crippen LogP contribution >= 0.6 is 0 Å². The molecule has 6 heteroatoms. The summed E-state index contributed by atoms with van der Waals surface area (Å²) in [6.07, 6.45) is 5.36. The minimum Gasteiger partial charge on any atom is -0.396 e. The molecule has 0 radical (unpaired) electrons. The van der Waals surface area contributed by atoms with Crippen molar-refractivity contribution in [2.24, 2.45) is 18.4 Å². The Bertz CT molecular complexity index is 780. The molecule has 1 aromatic heterocycles. The van der Waals surface area contributed by atoms with Gasteiger partial charge in [-0.2, -0.15) is 0 Å². The van der Waals surface area contributed by atoms with Gasteiger partial charge in [0.15, 0.2) is 5.82 Å². The summed E-state index contributed by atoms with van der Waals surface area (Å²) in [5.74, 6) is 0.797. The number of hydrogen-bond acceptors (Lipinski definition) is 4. The van der Waals surface area contributed by atoms with Crippen molar-refractivity contribution in [2.75, 3.05) is 32.8 Å². The Balaban J connectivity index is 1.41. The molecule has 2 aliphatic heterocycles. The minimum atomic E-state index is 0.0111. The number of nitrogens with zero attached hydrogens (tertiary/aromatic N) is 4. The third-order valence-corrected chi connectivity index (χ3v) is 6.41. The van der Waals surface area contributed by atoms with E-state index in [1.807, 2.05) is 18.0 Å². The number of carbonyl (C=O) groups excluding carboxylic acids is 1. The molecule has 2 fully saturated rings. The van der Waals surface area contributed by atoms with E-state index >= 15 is 0 Å². The van der Waals surface area contributed by atoms with Gasteiger partial charge in [-0.3, -0.25) is 9.69 Å². The van der Waals surface area contributed by atoms with Gasteiger partial charge in [0.25, 0.3) is 5.91 Å². The van der Waals surface area contributed by atoms with E-state index in [2.05, 4.69) is 34.1 Å². The molecule has 1 aromatic carbocycles. The summed E-state index contributed by atoms with van der Waals surface area (Å²) in [6.45, 7) is 4.55. The molecule has 4 rings (SSSR count). The minimum absolute atomic E-state index is 0.0111. The lowest BCUT2D eigenvalue weighted by Gasteiger charge is -2.42. The van der Waals surface area contributed by atoms with Crippen LogP contribution in [0.5, 0.6) is 0 Å². The van der Waals surface area contributed by atoms with Crippen LogP contribution in [0, 0.1) is 11.3 Å². The Morgan fingerprint density at radius 3 is 2.63 bits per heavy atom. The molecule has 27 heavy (non-hydrogen) atoms. The molecular formula is C21H28N4O2. The fraction of sp³-hybridized carbons (Fsp3) is 0.524. The zero-order valence-corrected chi connectivity index (χ0v) is 15.9. The highest BCUT2D eigenvalue weighted by molar-refractivity contribution is 5.90. The van der Waals surface area contributed by atoms with Crippen LogP contribution in [-0.4, -0.2) is 63.2 Å². The largest absolute Gasteiger partial charge is 0.396 e. The van der Waals surface area contributed by atoms with Gasteiger partial charge < -0.3 is 14.6 Å². The number of benzene rings is 1. The number of aliphatic hydroxyl groups excluding tert-OH is 1. The molecule has 144 valence electrons. The van der Waals surface area contributed by atoms with E-state index in [4.69, 9.17) is 0 Å². The molecule has 1 atom stereocenters. The van der Waals surface area contributed by atoms with E-state index in [1.165, 1.54) is 5.56 Å². The highest BCUT2D eigenvalue weighted by Crippen LogP contribution is 2.45. The van der Waals surface area contributed by atoms with Crippen LogP contribution in [0.25, 0.3) is 0 Å². The number of aromatic nitrogens is 2. The Morgan fingerprint density at radius 1 is 1.26 bits per heavy atom. The number of likely N-dealkylation sites (tertiary alicyclic amines) is 2. The summed E-state index contributed by atoms with van der Waals surface area (Å²) >= 11 is 0. The first-order valence-corrected chi connectivity index (χ1v) is 9.75. The van der Waals surface area contributed by atoms with Gasteiger partial charge in [0.1, 0.15) is 0 Å². The average Bonchev–Trinajstić information content (AvgIpc) is 3.26. The third kappa shape index (κ3) is 3.51. The summed E-state index contributed by atoms with van der Waals surface area (Å²) in [5, 5.41) is 10.0. The summed E-state index contributed by atoms with van der Waals surface area (Å²) in [4.78, 5) is 21.3. The number of aryl methyl sites for hydroxylation is 1. The smallest absolute Gasteiger partial charge is 0.289 e. The molecule has 1 unspecified atom stereocenters. The van der Waals surface area contributed by atoms with Crippen molar-refractivity contribution in [3.8, 4) is 0 Å². The van der Waals surface area contributed by atoms with Gasteiger partial charge in [0, 0.05) is 64.7 Å². The quantitative estimate of drug-likeness (QED) is 0.893. The van der Waals surface area contributed by atoms with Gasteiger partial charge >= 0.3 is 0 Å². The maximum Gasteiger partial charge on any atom is 0.289 e. The van der Waals surface area contributed by atoms with Gasteiger partial charge in [-0.05, 0) is 23.8 Å². The van der Waals surface area contributed by atoms with Crippen molar-refractivity contribution >= 4 is 5.91 Å². The first-order valence-electron chi connectivity index (χ1n) is 9.75. The third-order valence-electron chi connectivity index (χ3n) is 6.41. The van der Waals surface area contributed by atoms with Crippen molar-refractivity contribution < 1.29 is 9.90 Å². The van der Waals surface area contributed by atoms with Crippen molar-refractivity contribution in [3.05, 3.63) is 54.1 Å². The van der Waals surface area contributed by atoms with Crippen molar-refractivity contribution in [1.82, 2.24) is 19.4 Å². The average molecular weight is 368 g/mol. The number of rotatable bonds is 4. The van der Waals surface area contributed by atoms with E-state index in [0.29, 0.717) is 5.82 Å². The highest BCUT2D eigenvalue weighted by atomic mass is 16.3. The van der Waals surface area contributed by atoms with Gasteiger partial charge in [0.2, 0.25) is 0 Å². The summed E-state index contributed by atoms with van der Waals surface area (Å²) in [5.41, 5.74) is 1.43. The van der Waals surface area contributed by atoms with Gasteiger partial charge in [-0.25, -0.2) is 4.98 Å². The lowest BCUT2D eigenvalue weighted by molar-refractivity contribution is 0.0391. The molecule has 0 saturated carbocycles. The van der Waals surface area contributed by atoms with Crippen LogP contribution in [0.1, 0.15) is 29.0 Å². The Morgan fingerprint density at radius 2 is 2.00 bits per heavy atom. The van der Waals surface area contributed by atoms with Gasteiger partial charge in [-0.15, -0.1) is 0 Å². The van der Waals surface area contributed by atoms with E-state index in [0.717, 1.165) is 45.6 Å². The zero-order chi connectivity index (χ0) is 18.9. The lowest BCUT2D eigenvalue weighted by atomic mass is 9.71. The first kappa shape index (κ1) is 18.2. The van der Waals surface area contributed by atoms with E-state index in [-0.39, 0.29) is 23.8 Å². The second kappa shape index (κ2) is 7.44. The SMILES string of the molecule is Cn1ccnc1C(=O)N1CCC2(CC1)CN(Cc1ccccc1)CC2CO.